The second kappa shape index (κ2) is 15.9. The Morgan fingerprint density at radius 1 is 0.603 bits per heavy atom. The van der Waals surface area contributed by atoms with E-state index in [4.69, 9.17) is 0 Å². The van der Waals surface area contributed by atoms with Crippen molar-refractivity contribution in [3.8, 4) is 0 Å². The van der Waals surface area contributed by atoms with Crippen molar-refractivity contribution in [1.82, 2.24) is 30.2 Å². The van der Waals surface area contributed by atoms with Crippen molar-refractivity contribution in [3.63, 3.8) is 0 Å². The Balaban J connectivity index is 2.29. The van der Waals surface area contributed by atoms with Gasteiger partial charge >= 0.3 is 11.9 Å². The monoisotopic (exact) mass is 817 g/mol. The fourth-order valence-corrected chi connectivity index (χ4v) is 13.2. The molecule has 4 aliphatic rings. The lowest BCUT2D eigenvalue weighted by molar-refractivity contribution is -0.324. The van der Waals surface area contributed by atoms with E-state index in [2.05, 4.69) is 120 Å². The van der Waals surface area contributed by atoms with E-state index in [1.165, 1.54) is 0 Å². The SMILES string of the molecule is CCCCCCCCC(N1CC(C)(C)NC(C)(C)C1=O)C(N1CC(C)(C)NC(C)(C)C1=O)(N1C(C)(C)CC(C(=O)O)CC1(C)C)N1C(C)(C)CC(C(=O)O)CC1(C)C. The molecule has 0 aromatic carbocycles. The fraction of sp³-hybridized carbons (Fsp3) is 0.913. The lowest BCUT2D eigenvalue weighted by atomic mass is 9.67. The summed E-state index contributed by atoms with van der Waals surface area (Å²) in [5.41, 5.74) is -6.27. The molecule has 0 bridgehead atoms. The number of carbonyl (C=O) groups excluding carboxylic acids is 2. The van der Waals surface area contributed by atoms with Crippen molar-refractivity contribution in [2.24, 2.45) is 11.8 Å². The molecule has 1 atom stereocenters. The Kier molecular flexibility index (Phi) is 13.2. The number of amides is 2. The number of carboxylic acids is 2. The van der Waals surface area contributed by atoms with Crippen molar-refractivity contribution in [2.45, 2.75) is 244 Å². The van der Waals surface area contributed by atoms with E-state index in [1.54, 1.807) is 0 Å². The molecular formula is C46H84N6O6. The number of carboxylic acid groups (broad SMARTS) is 2. The van der Waals surface area contributed by atoms with E-state index in [-0.39, 0.29) is 11.8 Å². The Labute approximate surface area is 352 Å². The molecule has 4 rings (SSSR count). The molecule has 1 unspecified atom stereocenters. The van der Waals surface area contributed by atoms with Gasteiger partial charge in [-0.1, -0.05) is 45.4 Å². The Morgan fingerprint density at radius 2 is 0.966 bits per heavy atom. The lowest BCUT2D eigenvalue weighted by Gasteiger charge is -2.76. The van der Waals surface area contributed by atoms with Crippen LogP contribution in [-0.2, 0) is 19.2 Å². The van der Waals surface area contributed by atoms with E-state index in [0.717, 1.165) is 38.5 Å². The Bertz CT molecular complexity index is 1470. The smallest absolute Gasteiger partial charge is 0.306 e. The Morgan fingerprint density at radius 3 is 1.36 bits per heavy atom. The molecule has 58 heavy (non-hydrogen) atoms. The molecule has 0 aromatic heterocycles. The van der Waals surface area contributed by atoms with Crippen LogP contribution in [0.25, 0.3) is 0 Å². The van der Waals surface area contributed by atoms with Gasteiger partial charge < -0.3 is 20.0 Å². The number of likely N-dealkylation sites (tertiary alicyclic amines) is 2. The van der Waals surface area contributed by atoms with Gasteiger partial charge in [-0.15, -0.1) is 0 Å². The number of nitrogens with zero attached hydrogens (tertiary/aromatic N) is 4. The van der Waals surface area contributed by atoms with Crippen LogP contribution in [0.1, 0.15) is 188 Å². The standard InChI is InChI=1S/C46H84N6O6/c1-18-19-20-21-22-23-24-33(49-29-38(2,3)47-44(14,15)36(49)57)46(50-30-39(4,5)48-45(16,17)37(50)58,51-40(6,7)25-31(34(53)54)26-41(51,8)9)52-42(10,11)27-32(35(55)56)28-43(52,12)13/h31-33,47-48H,18-30H2,1-17H3,(H,53,54)(H,55,56). The zero-order valence-corrected chi connectivity index (χ0v) is 39.7. The normalized spacial score (nSPS) is 27.7. The number of piperidine rings is 2. The van der Waals surface area contributed by atoms with Gasteiger partial charge in [0.05, 0.1) is 29.0 Å². The molecule has 0 saturated carbocycles. The van der Waals surface area contributed by atoms with Gasteiger partial charge in [-0.2, -0.15) is 0 Å². The quantitative estimate of drug-likeness (QED) is 0.131. The number of nitrogens with one attached hydrogen (secondary N) is 2. The predicted molar refractivity (Wildman–Crippen MR) is 231 cm³/mol. The summed E-state index contributed by atoms with van der Waals surface area (Å²) in [4.78, 5) is 66.6. The number of aliphatic carboxylic acids is 2. The maximum atomic E-state index is 15.9. The highest BCUT2D eigenvalue weighted by Gasteiger charge is 2.72. The third-order valence-electron chi connectivity index (χ3n) is 13.8. The first kappa shape index (κ1) is 48.4. The van der Waals surface area contributed by atoms with Crippen molar-refractivity contribution in [2.75, 3.05) is 13.1 Å². The van der Waals surface area contributed by atoms with E-state index in [0.29, 0.717) is 45.2 Å². The minimum absolute atomic E-state index is 0.0413. The summed E-state index contributed by atoms with van der Waals surface area (Å²) in [5, 5.41) is 28.6. The van der Waals surface area contributed by atoms with Crippen LogP contribution in [-0.4, -0.2) is 123 Å². The largest absolute Gasteiger partial charge is 0.481 e. The van der Waals surface area contributed by atoms with E-state index >= 15 is 9.59 Å². The maximum Gasteiger partial charge on any atom is 0.306 e. The van der Waals surface area contributed by atoms with Gasteiger partial charge in [0.2, 0.25) is 11.8 Å². The summed E-state index contributed by atoms with van der Waals surface area (Å²) in [7, 11) is 0. The molecule has 0 radical (unpaired) electrons. The number of piperazine rings is 2. The van der Waals surface area contributed by atoms with Gasteiger partial charge in [0.15, 0.2) is 5.79 Å². The van der Waals surface area contributed by atoms with Crippen molar-refractivity contribution >= 4 is 23.8 Å². The minimum Gasteiger partial charge on any atom is -0.481 e. The number of rotatable bonds is 14. The first-order valence-electron chi connectivity index (χ1n) is 22.4. The third kappa shape index (κ3) is 9.15. The summed E-state index contributed by atoms with van der Waals surface area (Å²) in [6.45, 7) is 36.2. The van der Waals surface area contributed by atoms with Crippen molar-refractivity contribution in [1.29, 1.82) is 0 Å². The highest BCUT2D eigenvalue weighted by atomic mass is 16.4. The second-order valence-electron chi connectivity index (χ2n) is 23.7. The molecule has 0 aromatic rings. The molecule has 12 nitrogen and oxygen atoms in total. The van der Waals surface area contributed by atoms with Crippen molar-refractivity contribution in [3.05, 3.63) is 0 Å². The van der Waals surface area contributed by atoms with Gasteiger partial charge in [-0.25, -0.2) is 0 Å². The highest BCUT2D eigenvalue weighted by molar-refractivity contribution is 5.89. The van der Waals surface area contributed by atoms with Crippen LogP contribution < -0.4 is 10.6 Å². The molecule has 12 heteroatoms. The number of carbonyl (C=O) groups is 4. The second-order valence-corrected chi connectivity index (χ2v) is 23.7. The van der Waals surface area contributed by atoms with Gasteiger partial charge in [0, 0.05) is 46.3 Å². The lowest BCUT2D eigenvalue weighted by Crippen LogP contribution is -2.93. The number of hydrogen-bond donors (Lipinski definition) is 4. The first-order valence-corrected chi connectivity index (χ1v) is 22.4. The molecule has 2 amide bonds. The van der Waals surface area contributed by atoms with Gasteiger partial charge in [-0.05, 0) is 143 Å². The molecular weight excluding hydrogens is 733 g/mol. The van der Waals surface area contributed by atoms with Crippen LogP contribution in [0.4, 0.5) is 0 Å². The van der Waals surface area contributed by atoms with E-state index < -0.39 is 79.9 Å². The van der Waals surface area contributed by atoms with E-state index in [1.807, 2.05) is 27.7 Å². The molecule has 334 valence electrons. The van der Waals surface area contributed by atoms with Crippen LogP contribution in [0.15, 0.2) is 0 Å². The molecule has 4 heterocycles. The fourth-order valence-electron chi connectivity index (χ4n) is 13.2. The molecule has 4 N–H and O–H groups in total. The first-order chi connectivity index (χ1) is 26.1. The maximum absolute atomic E-state index is 15.9. The highest BCUT2D eigenvalue weighted by Crippen LogP contribution is 2.58. The van der Waals surface area contributed by atoms with E-state index in [9.17, 15) is 19.8 Å². The minimum atomic E-state index is -1.39. The van der Waals surface area contributed by atoms with Gasteiger partial charge in [0.1, 0.15) is 0 Å². The number of unbranched alkanes of at least 4 members (excludes halogenated alkanes) is 5. The van der Waals surface area contributed by atoms with Crippen LogP contribution >= 0.6 is 0 Å². The van der Waals surface area contributed by atoms with Gasteiger partial charge in [0.25, 0.3) is 0 Å². The Hall–Kier alpha value is -2.28. The van der Waals surface area contributed by atoms with Gasteiger partial charge in [-0.3, -0.25) is 39.6 Å². The van der Waals surface area contributed by atoms with Crippen LogP contribution in [0.3, 0.4) is 0 Å². The summed E-state index contributed by atoms with van der Waals surface area (Å²) >= 11 is 0. The molecule has 0 spiro atoms. The molecule has 4 fully saturated rings. The zero-order valence-electron chi connectivity index (χ0n) is 39.7. The average Bonchev–Trinajstić information content (AvgIpc) is 3.00. The average molecular weight is 817 g/mol. The van der Waals surface area contributed by atoms with Crippen LogP contribution in [0.5, 0.6) is 0 Å². The van der Waals surface area contributed by atoms with Crippen LogP contribution in [0.2, 0.25) is 0 Å². The summed E-state index contributed by atoms with van der Waals surface area (Å²) in [5.74, 6) is -4.44. The molecule has 4 aliphatic heterocycles. The molecule has 4 saturated heterocycles. The molecule has 0 aliphatic carbocycles. The van der Waals surface area contributed by atoms with Crippen LogP contribution in [0, 0.1) is 11.8 Å². The summed E-state index contributed by atoms with van der Waals surface area (Å²) in [6.07, 6.45) is 8.21. The zero-order chi connectivity index (χ0) is 44.5. The van der Waals surface area contributed by atoms with Crippen molar-refractivity contribution < 1.29 is 29.4 Å². The summed E-state index contributed by atoms with van der Waals surface area (Å²) in [6, 6.07) is -0.597. The third-order valence-corrected chi connectivity index (χ3v) is 13.8. The topological polar surface area (TPSA) is 146 Å². The predicted octanol–water partition coefficient (Wildman–Crippen LogP) is 7.45. The number of hydrogen-bond acceptors (Lipinski definition) is 8. The summed E-state index contributed by atoms with van der Waals surface area (Å²) < 4.78 is 0.